The van der Waals surface area contributed by atoms with Crippen molar-refractivity contribution >= 4 is 17.5 Å². The molecule has 0 fully saturated rings. The Balaban J connectivity index is 2.89. The van der Waals surface area contributed by atoms with E-state index in [-0.39, 0.29) is 11.9 Å². The third-order valence-corrected chi connectivity index (χ3v) is 3.25. The standard InChI is InChI=1S/C14H21ClN2O/c1-4-5-12(17-14(2,3)13(16)18)10-6-8-11(15)9-7-10/h6-9,12,17H,4-5H2,1-3H3,(H2,16,18). The van der Waals surface area contributed by atoms with E-state index in [2.05, 4.69) is 12.2 Å². The number of amides is 1. The van der Waals surface area contributed by atoms with E-state index < -0.39 is 5.54 Å². The van der Waals surface area contributed by atoms with Gasteiger partial charge in [-0.05, 0) is 38.0 Å². The number of nitrogens with two attached hydrogens (primary N) is 1. The average molecular weight is 269 g/mol. The van der Waals surface area contributed by atoms with Crippen LogP contribution < -0.4 is 11.1 Å². The first-order valence-electron chi connectivity index (χ1n) is 6.20. The van der Waals surface area contributed by atoms with Gasteiger partial charge in [-0.2, -0.15) is 0 Å². The van der Waals surface area contributed by atoms with Crippen LogP contribution >= 0.6 is 11.6 Å². The van der Waals surface area contributed by atoms with Crippen molar-refractivity contribution in [3.8, 4) is 0 Å². The van der Waals surface area contributed by atoms with Crippen molar-refractivity contribution in [1.82, 2.24) is 5.32 Å². The van der Waals surface area contributed by atoms with Gasteiger partial charge in [0, 0.05) is 11.1 Å². The topological polar surface area (TPSA) is 55.1 Å². The number of carbonyl (C=O) groups excluding carboxylic acids is 1. The smallest absolute Gasteiger partial charge is 0.237 e. The molecule has 1 aromatic carbocycles. The average Bonchev–Trinajstić information content (AvgIpc) is 2.29. The molecular weight excluding hydrogens is 248 g/mol. The molecule has 1 rings (SSSR count). The quantitative estimate of drug-likeness (QED) is 0.833. The summed E-state index contributed by atoms with van der Waals surface area (Å²) in [5.41, 5.74) is 5.79. The highest BCUT2D eigenvalue weighted by Crippen LogP contribution is 2.23. The molecule has 4 heteroatoms. The monoisotopic (exact) mass is 268 g/mol. The van der Waals surface area contributed by atoms with Crippen molar-refractivity contribution < 1.29 is 4.79 Å². The van der Waals surface area contributed by atoms with E-state index in [9.17, 15) is 4.79 Å². The maximum Gasteiger partial charge on any atom is 0.237 e. The number of primary amides is 1. The lowest BCUT2D eigenvalue weighted by Gasteiger charge is -2.29. The first-order chi connectivity index (χ1) is 8.36. The van der Waals surface area contributed by atoms with Crippen LogP contribution in [0.5, 0.6) is 0 Å². The van der Waals surface area contributed by atoms with Crippen molar-refractivity contribution in [2.45, 2.75) is 45.2 Å². The Morgan fingerprint density at radius 2 is 1.94 bits per heavy atom. The Morgan fingerprint density at radius 1 is 1.39 bits per heavy atom. The predicted octanol–water partition coefficient (Wildman–Crippen LogP) is 3.03. The van der Waals surface area contributed by atoms with E-state index in [1.807, 2.05) is 24.3 Å². The van der Waals surface area contributed by atoms with Gasteiger partial charge in [0.05, 0.1) is 5.54 Å². The highest BCUT2D eigenvalue weighted by Gasteiger charge is 2.28. The zero-order valence-electron chi connectivity index (χ0n) is 11.2. The van der Waals surface area contributed by atoms with Gasteiger partial charge >= 0.3 is 0 Å². The molecule has 3 nitrogen and oxygen atoms in total. The summed E-state index contributed by atoms with van der Waals surface area (Å²) in [7, 11) is 0. The number of halogens is 1. The summed E-state index contributed by atoms with van der Waals surface area (Å²) in [5, 5.41) is 4.02. The molecule has 1 unspecified atom stereocenters. The summed E-state index contributed by atoms with van der Waals surface area (Å²) in [6.07, 6.45) is 1.97. The Kier molecular flexibility index (Phi) is 5.17. The summed E-state index contributed by atoms with van der Waals surface area (Å²) < 4.78 is 0. The Bertz CT molecular complexity index is 401. The van der Waals surface area contributed by atoms with Gasteiger partial charge in [0.15, 0.2) is 0 Å². The molecule has 0 saturated carbocycles. The van der Waals surface area contributed by atoms with Gasteiger partial charge in [-0.25, -0.2) is 0 Å². The Hall–Kier alpha value is -1.06. The molecule has 0 aliphatic rings. The highest BCUT2D eigenvalue weighted by molar-refractivity contribution is 6.30. The molecule has 3 N–H and O–H groups in total. The van der Waals surface area contributed by atoms with E-state index >= 15 is 0 Å². The van der Waals surface area contributed by atoms with Crippen molar-refractivity contribution in [3.05, 3.63) is 34.9 Å². The fraction of sp³-hybridized carbons (Fsp3) is 0.500. The molecule has 0 bridgehead atoms. The Labute approximate surface area is 114 Å². The van der Waals surface area contributed by atoms with Crippen molar-refractivity contribution in [1.29, 1.82) is 0 Å². The fourth-order valence-corrected chi connectivity index (χ4v) is 1.94. The second kappa shape index (κ2) is 6.21. The highest BCUT2D eigenvalue weighted by atomic mass is 35.5. The van der Waals surface area contributed by atoms with Gasteiger partial charge in [0.25, 0.3) is 0 Å². The van der Waals surface area contributed by atoms with Gasteiger partial charge in [0.2, 0.25) is 5.91 Å². The lowest BCUT2D eigenvalue weighted by atomic mass is 9.96. The zero-order chi connectivity index (χ0) is 13.8. The summed E-state index contributed by atoms with van der Waals surface area (Å²) in [5.74, 6) is -0.349. The molecule has 0 aliphatic carbocycles. The molecule has 18 heavy (non-hydrogen) atoms. The zero-order valence-corrected chi connectivity index (χ0v) is 11.9. The number of hydrogen-bond donors (Lipinski definition) is 2. The summed E-state index contributed by atoms with van der Waals surface area (Å²) in [6.45, 7) is 5.71. The molecule has 0 radical (unpaired) electrons. The molecule has 0 spiro atoms. The minimum atomic E-state index is -0.723. The first-order valence-corrected chi connectivity index (χ1v) is 6.57. The number of rotatable bonds is 6. The lowest BCUT2D eigenvalue weighted by Crippen LogP contribution is -2.51. The van der Waals surface area contributed by atoms with Gasteiger partial charge in [-0.1, -0.05) is 37.1 Å². The lowest BCUT2D eigenvalue weighted by molar-refractivity contribution is -0.123. The third kappa shape index (κ3) is 4.00. The van der Waals surface area contributed by atoms with Crippen LogP contribution in [-0.2, 0) is 4.79 Å². The number of nitrogens with one attached hydrogen (secondary N) is 1. The van der Waals surface area contributed by atoms with E-state index in [1.165, 1.54) is 0 Å². The predicted molar refractivity (Wildman–Crippen MR) is 75.5 cm³/mol. The van der Waals surface area contributed by atoms with Crippen LogP contribution in [0.1, 0.15) is 45.2 Å². The molecule has 0 aliphatic heterocycles. The third-order valence-electron chi connectivity index (χ3n) is 3.00. The molecule has 0 saturated heterocycles. The fourth-order valence-electron chi connectivity index (χ4n) is 1.81. The molecule has 0 aromatic heterocycles. The summed E-state index contributed by atoms with van der Waals surface area (Å²) in [4.78, 5) is 11.4. The SMILES string of the molecule is CCCC(NC(C)(C)C(N)=O)c1ccc(Cl)cc1. The van der Waals surface area contributed by atoms with E-state index in [0.717, 1.165) is 18.4 Å². The molecule has 100 valence electrons. The van der Waals surface area contributed by atoms with Gasteiger partial charge in [-0.3, -0.25) is 10.1 Å². The van der Waals surface area contributed by atoms with Crippen LogP contribution in [0.15, 0.2) is 24.3 Å². The van der Waals surface area contributed by atoms with Crippen molar-refractivity contribution in [2.24, 2.45) is 5.73 Å². The van der Waals surface area contributed by atoms with Crippen LogP contribution in [0.2, 0.25) is 5.02 Å². The summed E-state index contributed by atoms with van der Waals surface area (Å²) in [6, 6.07) is 7.78. The molecule has 1 atom stereocenters. The second-order valence-corrected chi connectivity index (χ2v) is 5.46. The van der Waals surface area contributed by atoms with Gasteiger partial charge < -0.3 is 5.73 Å². The minimum absolute atomic E-state index is 0.106. The maximum atomic E-state index is 11.4. The normalized spacial score (nSPS) is 13.3. The summed E-state index contributed by atoms with van der Waals surface area (Å²) >= 11 is 5.88. The van der Waals surface area contributed by atoms with E-state index in [0.29, 0.717) is 5.02 Å². The van der Waals surface area contributed by atoms with Crippen LogP contribution in [0.4, 0.5) is 0 Å². The number of carbonyl (C=O) groups is 1. The second-order valence-electron chi connectivity index (χ2n) is 5.03. The molecule has 1 amide bonds. The van der Waals surface area contributed by atoms with Crippen LogP contribution in [0, 0.1) is 0 Å². The number of hydrogen-bond acceptors (Lipinski definition) is 2. The van der Waals surface area contributed by atoms with E-state index in [1.54, 1.807) is 13.8 Å². The van der Waals surface area contributed by atoms with Crippen LogP contribution in [0.25, 0.3) is 0 Å². The Morgan fingerprint density at radius 3 is 2.39 bits per heavy atom. The molecule has 1 aromatic rings. The van der Waals surface area contributed by atoms with Crippen LogP contribution in [-0.4, -0.2) is 11.4 Å². The molecule has 0 heterocycles. The van der Waals surface area contributed by atoms with Gasteiger partial charge in [-0.15, -0.1) is 0 Å². The first kappa shape index (κ1) is 15.0. The minimum Gasteiger partial charge on any atom is -0.368 e. The van der Waals surface area contributed by atoms with Gasteiger partial charge in [0.1, 0.15) is 0 Å². The van der Waals surface area contributed by atoms with Crippen molar-refractivity contribution in [3.63, 3.8) is 0 Å². The van der Waals surface area contributed by atoms with Crippen molar-refractivity contribution in [2.75, 3.05) is 0 Å². The van der Waals surface area contributed by atoms with E-state index in [4.69, 9.17) is 17.3 Å². The number of benzene rings is 1. The molecular formula is C14H21ClN2O. The maximum absolute atomic E-state index is 11.4. The van der Waals surface area contributed by atoms with Crippen LogP contribution in [0.3, 0.4) is 0 Å². The largest absolute Gasteiger partial charge is 0.368 e.